The van der Waals surface area contributed by atoms with Crippen LogP contribution in [0.2, 0.25) is 0 Å². The molecule has 4 aromatic rings. The Kier molecular flexibility index (Phi) is 4.26. The standard InChI is InChI=1S/C20H14BrN3O2/c1-13-4-6-14(7-5-13)12-22-24-19(18-3-2-10-26-18)23-17-9-8-15(21)11-16(17)20(24)25/h2-12H,1H3. The van der Waals surface area contributed by atoms with E-state index in [1.165, 1.54) is 4.68 Å². The number of halogens is 1. The lowest BCUT2D eigenvalue weighted by atomic mass is 10.2. The van der Waals surface area contributed by atoms with Crippen molar-refractivity contribution in [2.24, 2.45) is 5.10 Å². The average Bonchev–Trinajstić information content (AvgIpc) is 3.17. The third kappa shape index (κ3) is 3.11. The minimum atomic E-state index is -0.258. The van der Waals surface area contributed by atoms with Crippen molar-refractivity contribution in [2.75, 3.05) is 0 Å². The smallest absolute Gasteiger partial charge is 0.282 e. The topological polar surface area (TPSA) is 60.4 Å². The Balaban J connectivity index is 1.93. The van der Waals surface area contributed by atoms with Crippen LogP contribution in [-0.4, -0.2) is 15.9 Å². The Hall–Kier alpha value is -2.99. The molecule has 4 rings (SSSR count). The van der Waals surface area contributed by atoms with Gasteiger partial charge in [-0.25, -0.2) is 4.98 Å². The second-order valence-corrected chi connectivity index (χ2v) is 6.76. The summed E-state index contributed by atoms with van der Waals surface area (Å²) in [5, 5.41) is 4.86. The van der Waals surface area contributed by atoms with E-state index in [1.54, 1.807) is 36.7 Å². The van der Waals surface area contributed by atoms with Crippen LogP contribution < -0.4 is 5.56 Å². The highest BCUT2D eigenvalue weighted by Crippen LogP contribution is 2.21. The van der Waals surface area contributed by atoms with Crippen molar-refractivity contribution in [3.05, 3.63) is 86.8 Å². The Labute approximate surface area is 157 Å². The van der Waals surface area contributed by atoms with Gasteiger partial charge in [0.15, 0.2) is 5.76 Å². The first-order valence-electron chi connectivity index (χ1n) is 7.99. The molecule has 5 nitrogen and oxygen atoms in total. The lowest BCUT2D eigenvalue weighted by Gasteiger charge is -2.07. The van der Waals surface area contributed by atoms with Gasteiger partial charge in [0.25, 0.3) is 5.56 Å². The zero-order chi connectivity index (χ0) is 18.1. The summed E-state index contributed by atoms with van der Waals surface area (Å²) in [4.78, 5) is 17.6. The van der Waals surface area contributed by atoms with E-state index in [0.29, 0.717) is 22.5 Å². The van der Waals surface area contributed by atoms with Crippen molar-refractivity contribution < 1.29 is 4.42 Å². The van der Waals surface area contributed by atoms with Gasteiger partial charge in [-0.1, -0.05) is 45.8 Å². The highest BCUT2D eigenvalue weighted by Gasteiger charge is 2.14. The van der Waals surface area contributed by atoms with E-state index in [-0.39, 0.29) is 5.56 Å². The maximum absolute atomic E-state index is 13.0. The Morgan fingerprint density at radius 3 is 2.69 bits per heavy atom. The van der Waals surface area contributed by atoms with Crippen LogP contribution in [0.4, 0.5) is 0 Å². The molecule has 0 aliphatic heterocycles. The number of rotatable bonds is 3. The summed E-state index contributed by atoms with van der Waals surface area (Å²) in [7, 11) is 0. The van der Waals surface area contributed by atoms with Crippen LogP contribution >= 0.6 is 15.9 Å². The molecule has 2 heterocycles. The maximum Gasteiger partial charge on any atom is 0.282 e. The van der Waals surface area contributed by atoms with E-state index in [4.69, 9.17) is 4.42 Å². The summed E-state index contributed by atoms with van der Waals surface area (Å²) in [6.45, 7) is 2.02. The van der Waals surface area contributed by atoms with Gasteiger partial charge in [0.05, 0.1) is 23.4 Å². The molecule has 0 bridgehead atoms. The number of furan rings is 1. The largest absolute Gasteiger partial charge is 0.461 e. The third-order valence-corrected chi connectivity index (χ3v) is 4.44. The van der Waals surface area contributed by atoms with Crippen molar-refractivity contribution in [2.45, 2.75) is 6.92 Å². The number of aryl methyl sites for hydroxylation is 1. The fraction of sp³-hybridized carbons (Fsp3) is 0.0500. The van der Waals surface area contributed by atoms with Gasteiger partial charge in [-0.3, -0.25) is 4.79 Å². The molecule has 0 amide bonds. The van der Waals surface area contributed by atoms with E-state index >= 15 is 0 Å². The molecule has 0 aliphatic rings. The normalized spacial score (nSPS) is 11.5. The Morgan fingerprint density at radius 1 is 1.15 bits per heavy atom. The zero-order valence-electron chi connectivity index (χ0n) is 13.9. The molecule has 2 aromatic heterocycles. The second-order valence-electron chi connectivity index (χ2n) is 5.85. The molecule has 26 heavy (non-hydrogen) atoms. The van der Waals surface area contributed by atoms with Crippen LogP contribution in [0.5, 0.6) is 0 Å². The van der Waals surface area contributed by atoms with Gasteiger partial charge in [-0.2, -0.15) is 9.78 Å². The number of hydrogen-bond donors (Lipinski definition) is 0. The summed E-state index contributed by atoms with van der Waals surface area (Å²) in [5.41, 5.74) is 2.38. The van der Waals surface area contributed by atoms with Crippen LogP contribution in [0.15, 0.2) is 79.6 Å². The van der Waals surface area contributed by atoms with Crippen LogP contribution in [0, 0.1) is 6.92 Å². The van der Waals surface area contributed by atoms with Crippen LogP contribution in [0.1, 0.15) is 11.1 Å². The van der Waals surface area contributed by atoms with E-state index < -0.39 is 0 Å². The van der Waals surface area contributed by atoms with Crippen LogP contribution in [-0.2, 0) is 0 Å². The molecule has 0 unspecified atom stereocenters. The average molecular weight is 408 g/mol. The van der Waals surface area contributed by atoms with Crippen LogP contribution in [0.25, 0.3) is 22.5 Å². The number of aromatic nitrogens is 2. The number of nitrogens with zero attached hydrogens (tertiary/aromatic N) is 3. The van der Waals surface area contributed by atoms with Crippen LogP contribution in [0.3, 0.4) is 0 Å². The molecule has 0 aliphatic carbocycles. The second kappa shape index (κ2) is 6.72. The molecule has 0 N–H and O–H groups in total. The van der Waals surface area contributed by atoms with E-state index in [0.717, 1.165) is 15.6 Å². The van der Waals surface area contributed by atoms with Gasteiger partial charge in [-0.15, -0.1) is 0 Å². The van der Waals surface area contributed by atoms with Gasteiger partial charge in [0.1, 0.15) is 0 Å². The SMILES string of the molecule is Cc1ccc(C=Nn2c(-c3ccco3)nc3ccc(Br)cc3c2=O)cc1. The number of benzene rings is 2. The van der Waals surface area contributed by atoms with Gasteiger partial charge >= 0.3 is 0 Å². The molecule has 0 fully saturated rings. The molecule has 0 spiro atoms. The van der Waals surface area contributed by atoms with Crippen molar-refractivity contribution in [3.63, 3.8) is 0 Å². The summed E-state index contributed by atoms with van der Waals surface area (Å²) < 4.78 is 7.53. The van der Waals surface area contributed by atoms with Crippen molar-refractivity contribution in [3.8, 4) is 11.6 Å². The monoisotopic (exact) mass is 407 g/mol. The predicted octanol–water partition coefficient (Wildman–Crippen LogP) is 4.61. The highest BCUT2D eigenvalue weighted by atomic mass is 79.9. The summed E-state index contributed by atoms with van der Waals surface area (Å²) in [5.74, 6) is 0.839. The highest BCUT2D eigenvalue weighted by molar-refractivity contribution is 9.10. The summed E-state index contributed by atoms with van der Waals surface area (Å²) >= 11 is 3.40. The van der Waals surface area contributed by atoms with Gasteiger partial charge in [0.2, 0.25) is 5.82 Å². The van der Waals surface area contributed by atoms with E-state index in [1.807, 2.05) is 37.3 Å². The quantitative estimate of drug-likeness (QED) is 0.465. The molecule has 0 saturated heterocycles. The molecule has 2 aromatic carbocycles. The minimum absolute atomic E-state index is 0.258. The molecule has 0 atom stereocenters. The molecular formula is C20H14BrN3O2. The summed E-state index contributed by atoms with van der Waals surface area (Å²) in [6.07, 6.45) is 3.18. The predicted molar refractivity (Wildman–Crippen MR) is 106 cm³/mol. The maximum atomic E-state index is 13.0. The van der Waals surface area contributed by atoms with Crippen molar-refractivity contribution >= 4 is 33.0 Å². The number of fused-ring (bicyclic) bond motifs is 1. The molecule has 6 heteroatoms. The first-order chi connectivity index (χ1) is 12.6. The third-order valence-electron chi connectivity index (χ3n) is 3.95. The molecule has 0 radical (unpaired) electrons. The van der Waals surface area contributed by atoms with Crippen molar-refractivity contribution in [1.29, 1.82) is 0 Å². The summed E-state index contributed by atoms with van der Waals surface area (Å²) in [6, 6.07) is 16.8. The fourth-order valence-corrected chi connectivity index (χ4v) is 2.96. The minimum Gasteiger partial charge on any atom is -0.461 e. The number of hydrogen-bond acceptors (Lipinski definition) is 4. The van der Waals surface area contributed by atoms with E-state index in [9.17, 15) is 4.79 Å². The Bertz CT molecular complexity index is 1160. The molecule has 0 saturated carbocycles. The van der Waals surface area contributed by atoms with E-state index in [2.05, 4.69) is 26.0 Å². The molecular weight excluding hydrogens is 394 g/mol. The lowest BCUT2D eigenvalue weighted by molar-refractivity contribution is 0.571. The first kappa shape index (κ1) is 16.5. The van der Waals surface area contributed by atoms with Gasteiger partial charge < -0.3 is 4.42 Å². The van der Waals surface area contributed by atoms with Gasteiger partial charge in [-0.05, 0) is 42.8 Å². The fourth-order valence-electron chi connectivity index (χ4n) is 2.60. The zero-order valence-corrected chi connectivity index (χ0v) is 15.5. The molecule has 128 valence electrons. The first-order valence-corrected chi connectivity index (χ1v) is 8.78. The lowest BCUT2D eigenvalue weighted by Crippen LogP contribution is -2.20. The van der Waals surface area contributed by atoms with Gasteiger partial charge in [0, 0.05) is 4.47 Å². The Morgan fingerprint density at radius 2 is 1.96 bits per heavy atom. The van der Waals surface area contributed by atoms with Crippen molar-refractivity contribution in [1.82, 2.24) is 9.66 Å².